The molecule has 0 fully saturated rings. The number of amidine groups is 1. The molecule has 452 valence electrons. The van der Waals surface area contributed by atoms with E-state index >= 15 is 16.8 Å². The van der Waals surface area contributed by atoms with Gasteiger partial charge in [-0.1, -0.05) is 53.8 Å². The molecule has 27 heteroatoms. The summed E-state index contributed by atoms with van der Waals surface area (Å²) in [5.74, 6) is -0.145. The fourth-order valence-corrected chi connectivity index (χ4v) is 11.6. The molecule has 1 heterocycles. The second-order valence-electron chi connectivity index (χ2n) is 21.9. The quantitative estimate of drug-likeness (QED) is 0.0207. The van der Waals surface area contributed by atoms with E-state index in [9.17, 15) is 19.2 Å². The first-order chi connectivity index (χ1) is 39.4. The summed E-state index contributed by atoms with van der Waals surface area (Å²) in [6.45, 7) is 13.0. The second-order valence-corrected chi connectivity index (χ2v) is 25.5. The van der Waals surface area contributed by atoms with Gasteiger partial charge in [0.1, 0.15) is 55.6 Å². The standard InChI is InChI=1S/C57H73N11O14S2/c1-55(2,3)80-52(70)59-28-29-62-83(73,74)46-27-25-40(41-14-13-15-42(48(41)58)64-51(69)44(65-54(72)82-57(7,8)9)32-60-53(71)81-56(4,5)6)47(50-63-43-30-37(31-61-67-66-50)20-26-45(43)79-12)49(46)84(75,76)68(33-35-16-21-38(77-10)22-17-35)34-36-18-23-39(78-11)24-19-36/h13-27,30,44,62H,28-29,31-34,58H2,1-12H3,(H,59,70)(H,60,71)(H,64,69)(H,65,72)(H,61,63,66)/t44-/m1/s1. The number of nitrogens with two attached hydrogens (primary N) is 1. The van der Waals surface area contributed by atoms with Gasteiger partial charge in [-0.3, -0.25) is 10.2 Å². The molecule has 5 aromatic rings. The van der Waals surface area contributed by atoms with Crippen LogP contribution in [0.3, 0.4) is 0 Å². The third-order valence-corrected chi connectivity index (χ3v) is 15.3. The number of benzene rings is 5. The predicted octanol–water partition coefficient (Wildman–Crippen LogP) is 8.06. The van der Waals surface area contributed by atoms with Crippen LogP contribution in [0.4, 0.5) is 31.4 Å². The fourth-order valence-electron chi connectivity index (χ4n) is 8.12. The lowest BCUT2D eigenvalue weighted by atomic mass is 9.96. The minimum absolute atomic E-state index is 0.0181. The van der Waals surface area contributed by atoms with E-state index in [1.165, 1.54) is 45.6 Å². The van der Waals surface area contributed by atoms with Gasteiger partial charge < -0.3 is 55.4 Å². The van der Waals surface area contributed by atoms with Crippen LogP contribution in [0.1, 0.15) is 84.6 Å². The molecular weight excluding hydrogens is 1130 g/mol. The van der Waals surface area contributed by atoms with E-state index in [4.69, 9.17) is 39.1 Å². The highest BCUT2D eigenvalue weighted by Gasteiger charge is 2.39. The number of carbonyl (C=O) groups is 4. The normalized spacial score (nSPS) is 14.1. The Labute approximate surface area is 489 Å². The number of methoxy groups -OCH3 is 3. The highest BCUT2D eigenvalue weighted by molar-refractivity contribution is 7.92. The highest BCUT2D eigenvalue weighted by atomic mass is 32.2. The van der Waals surface area contributed by atoms with E-state index in [1.807, 2.05) is 0 Å². The molecule has 4 amide bonds. The van der Waals surface area contributed by atoms with Gasteiger partial charge in [-0.2, -0.15) is 4.31 Å². The maximum atomic E-state index is 16.5. The van der Waals surface area contributed by atoms with Crippen molar-refractivity contribution < 1.29 is 64.4 Å². The molecule has 2 bridgehead atoms. The lowest BCUT2D eigenvalue weighted by molar-refractivity contribution is -0.118. The third kappa shape index (κ3) is 18.0. The van der Waals surface area contributed by atoms with Gasteiger partial charge >= 0.3 is 18.3 Å². The fraction of sp³-hybridized carbons (Fsp3) is 0.386. The van der Waals surface area contributed by atoms with Crippen LogP contribution >= 0.6 is 0 Å². The lowest BCUT2D eigenvalue weighted by Crippen LogP contribution is -2.52. The molecule has 8 N–H and O–H groups in total. The molecule has 1 atom stereocenters. The molecule has 0 saturated heterocycles. The van der Waals surface area contributed by atoms with Gasteiger partial charge in [0.05, 0.1) is 51.4 Å². The SMILES string of the molecule is COc1ccc(CN(Cc2ccc(OC)cc2)S(=O)(=O)c2c(S(=O)(=O)NCCNC(=O)OC(C)(C)C)ccc(-c3cccc(NC(=O)[C@@H](CNC(=O)OC(C)(C)C)NC(=O)OC(C)(C)C)c3N)c2C2=N/c3cc(ccc3OC)CN/N=N\2)cc1. The predicted molar refractivity (Wildman–Crippen MR) is 315 cm³/mol. The van der Waals surface area contributed by atoms with Gasteiger partial charge in [0.2, 0.25) is 26.0 Å². The number of anilines is 2. The maximum absolute atomic E-state index is 16.5. The van der Waals surface area contributed by atoms with E-state index < -0.39 is 101 Å². The van der Waals surface area contributed by atoms with Crippen LogP contribution in [0, 0.1) is 0 Å². The van der Waals surface area contributed by atoms with Crippen molar-refractivity contribution in [3.63, 3.8) is 0 Å². The van der Waals surface area contributed by atoms with Crippen molar-refractivity contribution in [2.24, 2.45) is 15.3 Å². The van der Waals surface area contributed by atoms with Crippen molar-refractivity contribution in [2.75, 3.05) is 52.0 Å². The van der Waals surface area contributed by atoms with E-state index in [1.54, 1.807) is 129 Å². The molecule has 6 rings (SSSR count). The van der Waals surface area contributed by atoms with Gasteiger partial charge in [-0.05, 0) is 133 Å². The number of ether oxygens (including phenoxy) is 6. The summed E-state index contributed by atoms with van der Waals surface area (Å²) in [6, 6.07) is 23.5. The molecule has 0 spiro atoms. The van der Waals surface area contributed by atoms with Crippen molar-refractivity contribution in [3.05, 3.63) is 119 Å². The van der Waals surface area contributed by atoms with Crippen molar-refractivity contribution in [3.8, 4) is 28.4 Å². The Kier molecular flexibility index (Phi) is 21.0. The van der Waals surface area contributed by atoms with E-state index in [-0.39, 0.29) is 60.1 Å². The van der Waals surface area contributed by atoms with Gasteiger partial charge in [-0.15, -0.1) is 5.11 Å². The van der Waals surface area contributed by atoms with Crippen LogP contribution in [-0.4, -0.2) is 115 Å². The van der Waals surface area contributed by atoms with Gasteiger partial charge in [0.25, 0.3) is 0 Å². The molecule has 25 nitrogen and oxygen atoms in total. The number of hydrogen-bond donors (Lipinski definition) is 7. The smallest absolute Gasteiger partial charge is 0.408 e. The number of nitrogens with one attached hydrogen (secondary N) is 6. The first kappa shape index (κ1) is 64.6. The number of hydrogen-bond acceptors (Lipinski definition) is 19. The van der Waals surface area contributed by atoms with Crippen molar-refractivity contribution >= 4 is 67.1 Å². The van der Waals surface area contributed by atoms with Crippen LogP contribution in [0.2, 0.25) is 0 Å². The number of nitrogen functional groups attached to an aromatic ring is 1. The lowest BCUT2D eigenvalue weighted by Gasteiger charge is -2.27. The molecule has 0 saturated carbocycles. The molecule has 5 aromatic carbocycles. The maximum Gasteiger partial charge on any atom is 0.408 e. The summed E-state index contributed by atoms with van der Waals surface area (Å²) in [6.07, 6.45) is -2.71. The third-order valence-electron chi connectivity index (χ3n) is 11.8. The summed E-state index contributed by atoms with van der Waals surface area (Å²) in [5.41, 5.74) is 8.13. The van der Waals surface area contributed by atoms with Crippen LogP contribution in [0.5, 0.6) is 17.2 Å². The number of amides is 4. The van der Waals surface area contributed by atoms with Gasteiger partial charge in [0.15, 0.2) is 5.84 Å². The molecule has 84 heavy (non-hydrogen) atoms. The molecule has 0 radical (unpaired) electrons. The molecule has 1 aliphatic heterocycles. The minimum atomic E-state index is -5.22. The Morgan fingerprint density at radius 1 is 0.679 bits per heavy atom. The van der Waals surface area contributed by atoms with Crippen molar-refractivity contribution in [1.82, 2.24) is 30.4 Å². The first-order valence-corrected chi connectivity index (χ1v) is 29.3. The van der Waals surface area contributed by atoms with Crippen LogP contribution in [-0.2, 0) is 58.7 Å². The number of fused-ring (bicyclic) bond motifs is 2. The second kappa shape index (κ2) is 27.2. The Morgan fingerprint density at radius 3 is 1.81 bits per heavy atom. The molecule has 0 unspecified atom stereocenters. The van der Waals surface area contributed by atoms with Crippen LogP contribution in [0.25, 0.3) is 11.1 Å². The Balaban J connectivity index is 1.64. The summed E-state index contributed by atoms with van der Waals surface area (Å²) >= 11 is 0. The topological polar surface area (TPSA) is 330 Å². The molecular formula is C57H73N11O14S2. The van der Waals surface area contributed by atoms with Crippen molar-refractivity contribution in [1.29, 1.82) is 0 Å². The summed E-state index contributed by atoms with van der Waals surface area (Å²) < 4.78 is 99.4. The number of sulfonamides is 2. The van der Waals surface area contributed by atoms with Crippen molar-refractivity contribution in [2.45, 2.75) is 115 Å². The summed E-state index contributed by atoms with van der Waals surface area (Å²) in [4.78, 5) is 56.3. The largest absolute Gasteiger partial charge is 0.497 e. The Bertz CT molecular complexity index is 3440. The first-order valence-electron chi connectivity index (χ1n) is 26.4. The number of para-hydroxylation sites is 1. The zero-order chi connectivity index (χ0) is 61.8. The van der Waals surface area contributed by atoms with Crippen LogP contribution in [0.15, 0.2) is 122 Å². The summed E-state index contributed by atoms with van der Waals surface area (Å²) in [5, 5.41) is 18.9. The van der Waals surface area contributed by atoms with Gasteiger partial charge in [-0.25, -0.2) is 40.9 Å². The average molecular weight is 1200 g/mol. The van der Waals surface area contributed by atoms with E-state index in [0.29, 0.717) is 28.2 Å². The monoisotopic (exact) mass is 1200 g/mol. The zero-order valence-electron chi connectivity index (χ0n) is 49.0. The zero-order valence-corrected chi connectivity index (χ0v) is 50.6. The average Bonchev–Trinajstić information content (AvgIpc) is 3.64. The van der Waals surface area contributed by atoms with Crippen LogP contribution < -0.4 is 51.4 Å². The molecule has 1 aliphatic rings. The minimum Gasteiger partial charge on any atom is -0.497 e. The molecule has 0 aromatic heterocycles. The number of alkyl carbamates (subject to hydrolysis) is 3. The highest BCUT2D eigenvalue weighted by Crippen LogP contribution is 2.42. The molecule has 0 aliphatic carbocycles. The summed E-state index contributed by atoms with van der Waals surface area (Å²) in [7, 11) is -5.81. The number of aliphatic imine (C=N–C) groups is 1. The Morgan fingerprint density at radius 2 is 1.25 bits per heavy atom. The van der Waals surface area contributed by atoms with Gasteiger partial charge in [0, 0.05) is 31.7 Å². The Hall–Kier alpha value is -8.53. The van der Waals surface area contributed by atoms with E-state index in [2.05, 4.69) is 41.8 Å². The van der Waals surface area contributed by atoms with E-state index in [0.717, 1.165) is 10.4 Å². The number of carbonyl (C=O) groups excluding carboxylic acids is 4. The number of nitrogens with zero attached hydrogens (tertiary/aromatic N) is 4. The number of rotatable bonds is 21.